The number of amides is 1. The molecule has 0 saturated heterocycles. The van der Waals surface area contributed by atoms with Crippen LogP contribution in [0, 0.1) is 19.7 Å². The Hall–Kier alpha value is -3.35. The van der Waals surface area contributed by atoms with E-state index in [0.29, 0.717) is 29.5 Å². The molecule has 0 bridgehead atoms. The third-order valence-corrected chi connectivity index (χ3v) is 3.98. The molecular formula is C21H22FN3O3. The molecular weight excluding hydrogens is 361 g/mol. The average Bonchev–Trinajstić information content (AvgIpc) is 2.99. The molecule has 0 fully saturated rings. The van der Waals surface area contributed by atoms with Crippen molar-refractivity contribution < 1.29 is 18.7 Å². The lowest BCUT2D eigenvalue weighted by Crippen LogP contribution is -2.20. The number of halogens is 1. The number of nitrogens with zero attached hydrogens (tertiary/aromatic N) is 2. The van der Waals surface area contributed by atoms with Gasteiger partial charge in [0.1, 0.15) is 5.69 Å². The Morgan fingerprint density at radius 2 is 1.82 bits per heavy atom. The number of rotatable bonds is 7. The summed E-state index contributed by atoms with van der Waals surface area (Å²) in [6, 6.07) is 13.4. The van der Waals surface area contributed by atoms with Crippen molar-refractivity contribution in [3.63, 3.8) is 0 Å². The van der Waals surface area contributed by atoms with Crippen LogP contribution in [0.5, 0.6) is 11.5 Å². The van der Waals surface area contributed by atoms with Gasteiger partial charge in [-0.25, -0.2) is 9.07 Å². The normalized spacial score (nSPS) is 10.6. The summed E-state index contributed by atoms with van der Waals surface area (Å²) in [6.45, 7) is 5.85. The summed E-state index contributed by atoms with van der Waals surface area (Å²) in [5.41, 5.74) is 2.30. The molecule has 0 radical (unpaired) electrons. The number of aromatic nitrogens is 2. The number of carbonyl (C=O) groups excluding carboxylic acids is 1. The van der Waals surface area contributed by atoms with Crippen LogP contribution in [0.2, 0.25) is 0 Å². The Balaban J connectivity index is 1.65. The van der Waals surface area contributed by atoms with Crippen molar-refractivity contribution in [2.45, 2.75) is 20.8 Å². The molecule has 1 N–H and O–H groups in total. The highest BCUT2D eigenvalue weighted by Crippen LogP contribution is 2.26. The zero-order valence-corrected chi connectivity index (χ0v) is 16.0. The highest BCUT2D eigenvalue weighted by atomic mass is 19.1. The van der Waals surface area contributed by atoms with E-state index in [0.717, 1.165) is 11.4 Å². The highest BCUT2D eigenvalue weighted by molar-refractivity contribution is 5.92. The molecule has 0 saturated carbocycles. The fourth-order valence-corrected chi connectivity index (χ4v) is 2.81. The van der Waals surface area contributed by atoms with Gasteiger partial charge in [-0.2, -0.15) is 5.10 Å². The van der Waals surface area contributed by atoms with Crippen LogP contribution in [0.4, 0.5) is 10.1 Å². The van der Waals surface area contributed by atoms with Crippen molar-refractivity contribution in [2.75, 3.05) is 18.5 Å². The zero-order valence-electron chi connectivity index (χ0n) is 16.0. The Labute approximate surface area is 162 Å². The zero-order chi connectivity index (χ0) is 20.1. The Kier molecular flexibility index (Phi) is 5.93. The second-order valence-corrected chi connectivity index (χ2v) is 6.22. The van der Waals surface area contributed by atoms with Crippen molar-refractivity contribution in [2.24, 2.45) is 0 Å². The molecule has 1 heterocycles. The first-order valence-corrected chi connectivity index (χ1v) is 8.95. The predicted molar refractivity (Wildman–Crippen MR) is 105 cm³/mol. The lowest BCUT2D eigenvalue weighted by molar-refractivity contribution is -0.118. The van der Waals surface area contributed by atoms with E-state index in [-0.39, 0.29) is 6.61 Å². The third kappa shape index (κ3) is 4.49. The molecule has 0 spiro atoms. The molecule has 1 aromatic heterocycles. The average molecular weight is 383 g/mol. The number of para-hydroxylation sites is 2. The molecule has 3 rings (SSSR count). The molecule has 146 valence electrons. The van der Waals surface area contributed by atoms with Gasteiger partial charge in [-0.05, 0) is 57.2 Å². The molecule has 2 aromatic carbocycles. The summed E-state index contributed by atoms with van der Waals surface area (Å²) in [6.07, 6.45) is 0. The van der Waals surface area contributed by atoms with Crippen LogP contribution in [0.15, 0.2) is 48.5 Å². The van der Waals surface area contributed by atoms with E-state index in [2.05, 4.69) is 10.4 Å². The fourth-order valence-electron chi connectivity index (χ4n) is 2.81. The Morgan fingerprint density at radius 3 is 2.43 bits per heavy atom. The maximum absolute atomic E-state index is 14.5. The number of hydrogen-bond donors (Lipinski definition) is 1. The summed E-state index contributed by atoms with van der Waals surface area (Å²) in [5.74, 6) is 0.166. The van der Waals surface area contributed by atoms with Gasteiger partial charge < -0.3 is 14.8 Å². The number of ether oxygens (including phenoxy) is 2. The third-order valence-electron chi connectivity index (χ3n) is 3.98. The molecule has 0 aliphatic rings. The second kappa shape index (κ2) is 8.56. The van der Waals surface area contributed by atoms with E-state index in [1.165, 1.54) is 10.7 Å². The molecule has 28 heavy (non-hydrogen) atoms. The predicted octanol–water partition coefficient (Wildman–Crippen LogP) is 4.04. The first-order chi connectivity index (χ1) is 13.5. The smallest absolute Gasteiger partial charge is 0.262 e. The van der Waals surface area contributed by atoms with Crippen molar-refractivity contribution in [3.8, 4) is 17.2 Å². The summed E-state index contributed by atoms with van der Waals surface area (Å²) in [7, 11) is 0. The van der Waals surface area contributed by atoms with Crippen molar-refractivity contribution in [3.05, 3.63) is 65.7 Å². The minimum Gasteiger partial charge on any atom is -0.490 e. The lowest BCUT2D eigenvalue weighted by Gasteiger charge is -2.12. The van der Waals surface area contributed by atoms with Crippen LogP contribution in [0.1, 0.15) is 18.3 Å². The minimum atomic E-state index is -0.480. The fraction of sp³-hybridized carbons (Fsp3) is 0.238. The van der Waals surface area contributed by atoms with Crippen LogP contribution < -0.4 is 14.8 Å². The van der Waals surface area contributed by atoms with Gasteiger partial charge in [0.15, 0.2) is 23.9 Å². The Morgan fingerprint density at radius 1 is 1.11 bits per heavy atom. The van der Waals surface area contributed by atoms with Crippen molar-refractivity contribution in [1.82, 2.24) is 9.78 Å². The number of anilines is 1. The maximum Gasteiger partial charge on any atom is 0.262 e. The second-order valence-electron chi connectivity index (χ2n) is 6.22. The number of benzene rings is 2. The monoisotopic (exact) mass is 383 g/mol. The molecule has 6 nitrogen and oxygen atoms in total. The van der Waals surface area contributed by atoms with Gasteiger partial charge >= 0.3 is 0 Å². The van der Waals surface area contributed by atoms with Gasteiger partial charge in [-0.1, -0.05) is 12.1 Å². The largest absolute Gasteiger partial charge is 0.490 e. The first kappa shape index (κ1) is 19.4. The SMILES string of the molecule is CCOc1ccccc1OCC(=O)Nc1ccc(-n2nc(C)cc2C)c(F)c1. The van der Waals surface area contributed by atoms with E-state index in [4.69, 9.17) is 9.47 Å². The maximum atomic E-state index is 14.5. The number of carbonyl (C=O) groups is 1. The van der Waals surface area contributed by atoms with Crippen molar-refractivity contribution >= 4 is 11.6 Å². The summed E-state index contributed by atoms with van der Waals surface area (Å²) >= 11 is 0. The van der Waals surface area contributed by atoms with Crippen LogP contribution in [-0.2, 0) is 4.79 Å². The van der Waals surface area contributed by atoms with Gasteiger partial charge in [0.2, 0.25) is 0 Å². The quantitative estimate of drug-likeness (QED) is 0.669. The molecule has 1 amide bonds. The van der Waals surface area contributed by atoms with E-state index in [1.807, 2.05) is 32.9 Å². The van der Waals surface area contributed by atoms with E-state index in [1.54, 1.807) is 30.3 Å². The van der Waals surface area contributed by atoms with Gasteiger partial charge in [0.25, 0.3) is 5.91 Å². The van der Waals surface area contributed by atoms with Gasteiger partial charge in [0.05, 0.1) is 12.3 Å². The molecule has 7 heteroatoms. The summed E-state index contributed by atoms with van der Waals surface area (Å²) in [5, 5.41) is 6.90. The molecule has 3 aromatic rings. The number of nitrogens with one attached hydrogen (secondary N) is 1. The van der Waals surface area contributed by atoms with Crippen LogP contribution >= 0.6 is 0 Å². The summed E-state index contributed by atoms with van der Waals surface area (Å²) < 4.78 is 27.0. The standard InChI is InChI=1S/C21H22FN3O3/c1-4-27-19-7-5-6-8-20(19)28-13-21(26)23-16-9-10-18(17(22)12-16)25-15(3)11-14(2)24-25/h5-12H,4,13H2,1-3H3,(H,23,26). The number of aryl methyl sites for hydroxylation is 2. The first-order valence-electron chi connectivity index (χ1n) is 8.95. The van der Waals surface area contributed by atoms with Crippen molar-refractivity contribution in [1.29, 1.82) is 0 Å². The topological polar surface area (TPSA) is 65.4 Å². The highest BCUT2D eigenvalue weighted by Gasteiger charge is 2.12. The van der Waals surface area contributed by atoms with Crippen LogP contribution in [0.25, 0.3) is 5.69 Å². The van der Waals surface area contributed by atoms with Gasteiger partial charge in [-0.15, -0.1) is 0 Å². The molecule has 0 atom stereocenters. The molecule has 0 aliphatic heterocycles. The molecule has 0 aliphatic carbocycles. The lowest BCUT2D eigenvalue weighted by atomic mass is 10.2. The minimum absolute atomic E-state index is 0.217. The molecule has 0 unspecified atom stereocenters. The Bertz CT molecular complexity index is 985. The van der Waals surface area contributed by atoms with E-state index >= 15 is 0 Å². The summed E-state index contributed by atoms with van der Waals surface area (Å²) in [4.78, 5) is 12.2. The van der Waals surface area contributed by atoms with Crippen LogP contribution in [-0.4, -0.2) is 28.9 Å². The van der Waals surface area contributed by atoms with Gasteiger partial charge in [0, 0.05) is 11.4 Å². The number of hydrogen-bond acceptors (Lipinski definition) is 4. The van der Waals surface area contributed by atoms with E-state index < -0.39 is 11.7 Å². The van der Waals surface area contributed by atoms with Crippen LogP contribution in [0.3, 0.4) is 0 Å². The van der Waals surface area contributed by atoms with Gasteiger partial charge in [-0.3, -0.25) is 4.79 Å². The van der Waals surface area contributed by atoms with E-state index in [9.17, 15) is 9.18 Å².